The summed E-state index contributed by atoms with van der Waals surface area (Å²) in [5.41, 5.74) is 0.759. The molecule has 15 heavy (non-hydrogen) atoms. The van der Waals surface area contributed by atoms with Gasteiger partial charge in [-0.2, -0.15) is 0 Å². The van der Waals surface area contributed by atoms with E-state index in [1.165, 1.54) is 22.7 Å². The van der Waals surface area contributed by atoms with Gasteiger partial charge in [-0.15, -0.1) is 22.7 Å². The minimum absolute atomic E-state index is 0.0344. The van der Waals surface area contributed by atoms with E-state index in [0.29, 0.717) is 13.1 Å². The highest BCUT2D eigenvalue weighted by Gasteiger charge is 2.20. The van der Waals surface area contributed by atoms with Crippen molar-refractivity contribution in [1.82, 2.24) is 4.98 Å². The molecule has 0 unspecified atom stereocenters. The Morgan fingerprint density at radius 3 is 2.87 bits per heavy atom. The van der Waals surface area contributed by atoms with E-state index in [4.69, 9.17) is 16.7 Å². The maximum absolute atomic E-state index is 10.9. The average Bonchev–Trinajstić information content (AvgIpc) is 2.71. The molecule has 2 heterocycles. The Labute approximate surface area is 106 Å². The molecule has 0 aromatic carbocycles. The lowest BCUT2D eigenvalue weighted by atomic mass is 10.2. The summed E-state index contributed by atoms with van der Waals surface area (Å²) in [6.07, 6.45) is 0. The van der Waals surface area contributed by atoms with E-state index in [1.54, 1.807) is 6.07 Å². The zero-order chi connectivity index (χ0) is 11.0. The van der Waals surface area contributed by atoms with Crippen LogP contribution in [0.2, 0.25) is 4.34 Å². The third kappa shape index (κ3) is 2.08. The number of nitrogens with zero attached hydrogens (tertiary/aromatic N) is 1. The molecule has 2 aromatic heterocycles. The first kappa shape index (κ1) is 11.1. The zero-order valence-corrected chi connectivity index (χ0v) is 11.0. The number of aromatic nitrogens is 1. The van der Waals surface area contributed by atoms with Crippen LogP contribution < -0.4 is 0 Å². The van der Waals surface area contributed by atoms with Gasteiger partial charge < -0.3 is 5.11 Å². The first-order valence-electron chi connectivity index (χ1n) is 3.72. The molecule has 0 aliphatic rings. The lowest BCUT2D eigenvalue weighted by molar-refractivity contribution is 0.0692. The van der Waals surface area contributed by atoms with Crippen molar-refractivity contribution in [3.05, 3.63) is 25.4 Å². The highest BCUT2D eigenvalue weighted by molar-refractivity contribution is 9.11. The lowest BCUT2D eigenvalue weighted by Crippen LogP contribution is -1.98. The molecule has 0 fully saturated rings. The second-order valence-electron chi connectivity index (χ2n) is 2.56. The predicted octanol–water partition coefficient (Wildman–Crippen LogP) is 3.99. The summed E-state index contributed by atoms with van der Waals surface area (Å²) in [6, 6.07) is 1.79. The number of thiazole rings is 1. The molecule has 2 aromatic rings. The number of carbonyl (C=O) groups is 1. The summed E-state index contributed by atoms with van der Waals surface area (Å²) in [6.45, 7) is 0. The normalized spacial score (nSPS) is 10.5. The second-order valence-corrected chi connectivity index (χ2v) is 6.35. The van der Waals surface area contributed by atoms with Crippen LogP contribution in [0.25, 0.3) is 10.4 Å². The van der Waals surface area contributed by atoms with Crippen LogP contribution >= 0.6 is 50.2 Å². The molecule has 1 N–H and O–H groups in total. The Bertz CT molecular complexity index is 522. The molecule has 0 saturated carbocycles. The van der Waals surface area contributed by atoms with Gasteiger partial charge in [0.15, 0.2) is 9.61 Å². The van der Waals surface area contributed by atoms with Crippen LogP contribution in [0, 0.1) is 0 Å². The number of hydrogen-bond acceptors (Lipinski definition) is 4. The Kier molecular flexibility index (Phi) is 3.11. The van der Waals surface area contributed by atoms with E-state index in [9.17, 15) is 4.79 Å². The summed E-state index contributed by atoms with van der Waals surface area (Å²) in [5.74, 6) is -1.05. The molecule has 0 atom stereocenters. The molecular formula is C8H3BrClNO2S2. The van der Waals surface area contributed by atoms with Gasteiger partial charge in [0.2, 0.25) is 0 Å². The number of halogens is 2. The molecular weight excluding hydrogens is 322 g/mol. The van der Waals surface area contributed by atoms with Gasteiger partial charge in [-0.3, -0.25) is 0 Å². The third-order valence-corrected chi connectivity index (χ3v) is 4.38. The highest BCUT2D eigenvalue weighted by Crippen LogP contribution is 2.39. The summed E-state index contributed by atoms with van der Waals surface area (Å²) in [7, 11) is 0. The number of hydrogen-bond donors (Lipinski definition) is 1. The monoisotopic (exact) mass is 323 g/mol. The molecule has 0 amide bonds. The Balaban J connectivity index is 2.62. The first-order valence-corrected chi connectivity index (χ1v) is 6.59. The van der Waals surface area contributed by atoms with Gasteiger partial charge in [0.1, 0.15) is 4.34 Å². The maximum Gasteiger partial charge on any atom is 0.356 e. The molecule has 78 valence electrons. The molecule has 3 nitrogen and oxygen atoms in total. The first-order chi connectivity index (χ1) is 7.09. The summed E-state index contributed by atoms with van der Waals surface area (Å²) >= 11 is 11.7. The van der Waals surface area contributed by atoms with Crippen LogP contribution in [0.3, 0.4) is 0 Å². The minimum Gasteiger partial charge on any atom is -0.476 e. The van der Waals surface area contributed by atoms with Crippen LogP contribution in [0.5, 0.6) is 0 Å². The van der Waals surface area contributed by atoms with E-state index in [0.717, 1.165) is 5.56 Å². The molecule has 0 bridgehead atoms. The van der Waals surface area contributed by atoms with Crippen molar-refractivity contribution in [3.63, 3.8) is 0 Å². The fourth-order valence-electron chi connectivity index (χ4n) is 1.08. The average molecular weight is 325 g/mol. The molecule has 0 aliphatic carbocycles. The van der Waals surface area contributed by atoms with E-state index >= 15 is 0 Å². The van der Waals surface area contributed by atoms with Gasteiger partial charge in [-0.25, -0.2) is 9.78 Å². The molecule has 2 rings (SSSR count). The Hall–Kier alpha value is -0.430. The summed E-state index contributed by atoms with van der Waals surface area (Å²) < 4.78 is 1.12. The molecule has 0 aliphatic heterocycles. The van der Waals surface area contributed by atoms with Gasteiger partial charge in [0, 0.05) is 5.56 Å². The van der Waals surface area contributed by atoms with Crippen molar-refractivity contribution < 1.29 is 9.90 Å². The number of thiophene rings is 1. The van der Waals surface area contributed by atoms with E-state index in [1.807, 2.05) is 5.38 Å². The molecule has 0 saturated heterocycles. The lowest BCUT2D eigenvalue weighted by Gasteiger charge is -1.94. The molecule has 0 spiro atoms. The van der Waals surface area contributed by atoms with Crippen molar-refractivity contribution >= 4 is 56.2 Å². The predicted molar refractivity (Wildman–Crippen MR) is 65.1 cm³/mol. The van der Waals surface area contributed by atoms with Crippen molar-refractivity contribution in [1.29, 1.82) is 0 Å². The largest absolute Gasteiger partial charge is 0.476 e. The fourth-order valence-corrected chi connectivity index (χ4v) is 3.61. The third-order valence-electron chi connectivity index (χ3n) is 1.67. The van der Waals surface area contributed by atoms with E-state index in [2.05, 4.69) is 20.9 Å². The summed E-state index contributed by atoms with van der Waals surface area (Å²) in [4.78, 5) is 15.4. The number of rotatable bonds is 2. The van der Waals surface area contributed by atoms with E-state index in [-0.39, 0.29) is 5.69 Å². The minimum atomic E-state index is -1.05. The molecule has 7 heteroatoms. The van der Waals surface area contributed by atoms with Gasteiger partial charge >= 0.3 is 5.97 Å². The number of carboxylic acids is 1. The van der Waals surface area contributed by atoms with Crippen LogP contribution in [0.4, 0.5) is 0 Å². The summed E-state index contributed by atoms with van der Waals surface area (Å²) in [5, 5.41) is 10.8. The SMILES string of the molecule is O=C(O)c1nc(Br)sc1-c1ccsc1Cl. The second kappa shape index (κ2) is 4.21. The number of aromatic carboxylic acids is 1. The van der Waals surface area contributed by atoms with Crippen molar-refractivity contribution in [2.75, 3.05) is 0 Å². The Morgan fingerprint density at radius 2 is 2.33 bits per heavy atom. The number of carboxylic acid groups (broad SMARTS) is 1. The smallest absolute Gasteiger partial charge is 0.356 e. The van der Waals surface area contributed by atoms with Gasteiger partial charge in [-0.05, 0) is 27.4 Å². The molecule has 0 radical (unpaired) electrons. The van der Waals surface area contributed by atoms with Gasteiger partial charge in [0.25, 0.3) is 0 Å². The van der Waals surface area contributed by atoms with Crippen LogP contribution in [0.15, 0.2) is 15.4 Å². The van der Waals surface area contributed by atoms with Crippen LogP contribution in [-0.2, 0) is 0 Å². The van der Waals surface area contributed by atoms with Gasteiger partial charge in [-0.1, -0.05) is 11.6 Å². The fraction of sp³-hybridized carbons (Fsp3) is 0. The zero-order valence-electron chi connectivity index (χ0n) is 7.03. The van der Waals surface area contributed by atoms with Gasteiger partial charge in [0.05, 0.1) is 4.88 Å². The maximum atomic E-state index is 10.9. The van der Waals surface area contributed by atoms with Crippen LogP contribution in [-0.4, -0.2) is 16.1 Å². The van der Waals surface area contributed by atoms with Crippen molar-refractivity contribution in [2.24, 2.45) is 0 Å². The van der Waals surface area contributed by atoms with Crippen molar-refractivity contribution in [2.45, 2.75) is 0 Å². The standard InChI is InChI=1S/C8H3BrClNO2S2/c9-8-11-4(7(12)13)5(15-8)3-1-2-14-6(3)10/h1-2H,(H,12,13). The van der Waals surface area contributed by atoms with E-state index < -0.39 is 5.97 Å². The highest BCUT2D eigenvalue weighted by atomic mass is 79.9. The quantitative estimate of drug-likeness (QED) is 0.909. The topological polar surface area (TPSA) is 50.2 Å². The van der Waals surface area contributed by atoms with Crippen LogP contribution in [0.1, 0.15) is 10.5 Å². The Morgan fingerprint density at radius 1 is 1.60 bits per heavy atom. The van der Waals surface area contributed by atoms with Crippen molar-refractivity contribution in [3.8, 4) is 10.4 Å².